The minimum atomic E-state index is -2.93. The van der Waals surface area contributed by atoms with E-state index < -0.39 is 47.2 Å². The summed E-state index contributed by atoms with van der Waals surface area (Å²) in [5.41, 5.74) is 28.3. The van der Waals surface area contributed by atoms with Gasteiger partial charge in [0.1, 0.15) is 28.1 Å². The maximum atomic E-state index is 13.4. The van der Waals surface area contributed by atoms with Crippen LogP contribution in [0.15, 0.2) is 219 Å². The van der Waals surface area contributed by atoms with E-state index in [1.54, 1.807) is 88.5 Å². The lowest BCUT2D eigenvalue weighted by atomic mass is 9.74. The molecular weight excluding hydrogens is 1660 g/mol. The molecule has 0 radical (unpaired) electrons. The summed E-state index contributed by atoms with van der Waals surface area (Å²) in [6.45, 7) is -0.408. The SMILES string of the molecule is CN1C(=O)C(C)(c2ccc(-c3cccc(Cl)c3)s2)N=C1N.CN1C(=O)[C@@H](c2ccc(OC(F)F)cc2)[C@@](C)(c2cc(-c3cccc(C#N)c3)cs2)N=C1N.CN1C(=O)[C@@](CCC2CCCCC2)(C[C@H]2CCC[C@@H](NC(=O)Cc3ccc4ccccc4c3)C2)N=C1N.CN1C(=O)[C@H](c2ccc(OC(F)F)cc2)[C@@](C)(c2cc(-c3cccc(C#N)c3)cs2)N=C1N. The van der Waals surface area contributed by atoms with Gasteiger partial charge in [-0.25, -0.2) is 20.0 Å². The molecule has 2 saturated carbocycles. The van der Waals surface area contributed by atoms with Gasteiger partial charge in [0.05, 0.1) is 41.5 Å². The van der Waals surface area contributed by atoms with E-state index in [9.17, 15) is 52.1 Å². The second-order valence-corrected chi connectivity index (χ2v) is 35.8. The highest BCUT2D eigenvalue weighted by Gasteiger charge is 2.52. The average Bonchev–Trinajstić information content (AvgIpc) is 1.16. The average molecular weight is 1760 g/mol. The quantitative estimate of drug-likeness (QED) is 0.0444. The van der Waals surface area contributed by atoms with Crippen LogP contribution < -0.4 is 37.7 Å². The molecule has 2 fully saturated rings. The number of guanidine groups is 4. The maximum absolute atomic E-state index is 13.4. The van der Waals surface area contributed by atoms with E-state index in [2.05, 4.69) is 56.2 Å². The van der Waals surface area contributed by atoms with Gasteiger partial charge in [0.2, 0.25) is 17.7 Å². The first-order valence-electron chi connectivity index (χ1n) is 40.7. The second-order valence-electron chi connectivity index (χ2n) is 32.4. The Morgan fingerprint density at radius 2 is 1.04 bits per heavy atom. The van der Waals surface area contributed by atoms with Crippen molar-refractivity contribution in [1.29, 1.82) is 10.5 Å². The number of amides is 5. The molecule has 3 aromatic heterocycles. The van der Waals surface area contributed by atoms with E-state index in [1.165, 1.54) is 110 Å². The van der Waals surface area contributed by atoms with Crippen LogP contribution in [-0.2, 0) is 47.0 Å². The minimum Gasteiger partial charge on any atom is -0.435 e. The molecule has 1 unspecified atom stereocenters. The molecular formula is C94H96ClF4N15O7S3. The number of carbonyl (C=O) groups excluding carboxylic acids is 5. The van der Waals surface area contributed by atoms with E-state index in [1.807, 2.05) is 116 Å². The molecule has 7 heterocycles. The highest BCUT2D eigenvalue weighted by Crippen LogP contribution is 2.51. The number of nitrogens with one attached hydrogen (secondary N) is 1. The molecule has 22 nitrogen and oxygen atoms in total. The summed E-state index contributed by atoms with van der Waals surface area (Å²) in [6.07, 6.45) is 13.5. The normalized spacial score (nSPS) is 22.6. The number of fused-ring (bicyclic) bond motifs is 1. The molecule has 4 aliphatic heterocycles. The van der Waals surface area contributed by atoms with E-state index in [0.717, 1.165) is 103 Å². The van der Waals surface area contributed by atoms with Gasteiger partial charge in [-0.15, -0.1) is 34.0 Å². The number of benzene rings is 7. The Balaban J connectivity index is 0.000000144. The minimum absolute atomic E-state index is 0.00543. The summed E-state index contributed by atoms with van der Waals surface area (Å²) < 4.78 is 59.0. The van der Waals surface area contributed by atoms with Crippen molar-refractivity contribution in [2.75, 3.05) is 28.2 Å². The van der Waals surface area contributed by atoms with Gasteiger partial charge in [-0.05, 0) is 216 Å². The molecule has 7 aromatic carbocycles. The lowest BCUT2D eigenvalue weighted by molar-refractivity contribution is -0.132. The van der Waals surface area contributed by atoms with Crippen LogP contribution in [0.4, 0.5) is 17.6 Å². The van der Waals surface area contributed by atoms with Crippen molar-refractivity contribution < 1.29 is 51.0 Å². The second kappa shape index (κ2) is 38.2. The zero-order chi connectivity index (χ0) is 88.5. The molecule has 9 N–H and O–H groups in total. The first kappa shape index (κ1) is 89.5. The van der Waals surface area contributed by atoms with Gasteiger partial charge in [-0.2, -0.15) is 28.1 Å². The van der Waals surface area contributed by atoms with E-state index >= 15 is 0 Å². The van der Waals surface area contributed by atoms with Gasteiger partial charge in [-0.3, -0.25) is 43.6 Å². The van der Waals surface area contributed by atoms with Crippen molar-refractivity contribution >= 4 is 110 Å². The fourth-order valence-electron chi connectivity index (χ4n) is 17.2. The first-order chi connectivity index (χ1) is 59.3. The Morgan fingerprint density at radius 1 is 0.532 bits per heavy atom. The number of rotatable bonds is 20. The smallest absolute Gasteiger partial charge is 0.387 e. The van der Waals surface area contributed by atoms with Crippen LogP contribution in [0, 0.1) is 34.5 Å². The number of aliphatic imine (C=N–C) groups is 4. The molecule has 124 heavy (non-hydrogen) atoms. The van der Waals surface area contributed by atoms with Gasteiger partial charge < -0.3 is 37.7 Å². The third-order valence-corrected chi connectivity index (χ3v) is 27.9. The zero-order valence-electron chi connectivity index (χ0n) is 69.5. The van der Waals surface area contributed by atoms with Gasteiger partial charge in [0.15, 0.2) is 29.4 Å². The first-order valence-corrected chi connectivity index (χ1v) is 43.7. The summed E-state index contributed by atoms with van der Waals surface area (Å²) in [5, 5.41) is 28.6. The van der Waals surface area contributed by atoms with Crippen molar-refractivity contribution in [1.82, 2.24) is 24.9 Å². The molecule has 6 aliphatic rings. The number of likely N-dealkylation sites (N-methyl/N-ethyl adjacent to an activating group) is 4. The topological polar surface area (TPSA) is 330 Å². The Morgan fingerprint density at radius 3 is 1.55 bits per heavy atom. The summed E-state index contributed by atoms with van der Waals surface area (Å²) in [7, 11) is 6.49. The van der Waals surface area contributed by atoms with E-state index in [4.69, 9.17) is 49.5 Å². The molecule has 0 spiro atoms. The fourth-order valence-corrected chi connectivity index (χ4v) is 20.6. The predicted octanol–water partition coefficient (Wildman–Crippen LogP) is 17.8. The highest BCUT2D eigenvalue weighted by molar-refractivity contribution is 7.15. The number of nitrogens with two attached hydrogens (primary N) is 4. The number of hydrogen-bond donors (Lipinski definition) is 5. The Labute approximate surface area is 734 Å². The van der Waals surface area contributed by atoms with Crippen molar-refractivity contribution in [3.05, 3.63) is 246 Å². The number of thiophene rings is 3. The van der Waals surface area contributed by atoms with Crippen molar-refractivity contribution in [3.8, 4) is 56.3 Å². The molecule has 16 rings (SSSR count). The number of alkyl halides is 4. The third-order valence-electron chi connectivity index (χ3n) is 24.0. The highest BCUT2D eigenvalue weighted by atomic mass is 35.5. The lowest BCUT2D eigenvalue weighted by Gasteiger charge is -2.40. The molecule has 10 aromatic rings. The van der Waals surface area contributed by atoms with Crippen LogP contribution in [0.1, 0.15) is 152 Å². The van der Waals surface area contributed by atoms with Crippen LogP contribution in [0.3, 0.4) is 0 Å². The number of nitrogens with zero attached hydrogens (tertiary/aromatic N) is 10. The number of hydrogen-bond acceptors (Lipinski definition) is 20. The van der Waals surface area contributed by atoms with Crippen molar-refractivity contribution in [3.63, 3.8) is 0 Å². The van der Waals surface area contributed by atoms with Gasteiger partial charge in [0.25, 0.3) is 11.8 Å². The lowest BCUT2D eigenvalue weighted by Crippen LogP contribution is -2.52. The maximum Gasteiger partial charge on any atom is 0.387 e. The van der Waals surface area contributed by atoms with Gasteiger partial charge in [0, 0.05) is 58.8 Å². The Kier molecular flexibility index (Phi) is 27.6. The number of halogens is 5. The monoisotopic (exact) mass is 1750 g/mol. The van der Waals surface area contributed by atoms with Crippen molar-refractivity contribution in [2.24, 2.45) is 54.7 Å². The van der Waals surface area contributed by atoms with Crippen molar-refractivity contribution in [2.45, 2.75) is 157 Å². The Hall–Kier alpha value is -12.3. The standard InChI is InChI=1S/C31H42N4O2.2C24H20F2N4O2S.C15H14ClN3OS/c1-35-29(37)31(34-30(35)32,17-16-22-8-3-2-4-9-22)21-24-10-7-13-27(19-24)33-28(36)20-23-14-15-25-11-5-6-12-26(25)18-23;2*1-24(19-11-17(13-33-19)16-5-3-4-14(10-16)12-27)20(21(31)30(2)23(28)29-24)15-6-8-18(9-7-15)32-22(25)26;1-15(13(20)19(2)14(17)18-15)12-7-6-11(21-12)9-4-3-5-10(16)8-9/h5-6,11-12,14-15,18,22,24,27H,2-4,7-10,13,16-17,19-21H2,1H3,(H2,32,34)(H,33,36);2*3-11,13,20,22H,1-2H3,(H2,28,29);3-8H,1-2H3,(H2,17,18)/t24-,27+,31+;20-,24+;20-,24-;/m001./s1. The summed E-state index contributed by atoms with van der Waals surface area (Å²) in [4.78, 5) is 92.9. The molecule has 5 amide bonds. The molecule has 0 bridgehead atoms. The van der Waals surface area contributed by atoms with E-state index in [0.29, 0.717) is 51.5 Å². The molecule has 0 saturated heterocycles. The molecule has 30 heteroatoms. The van der Waals surface area contributed by atoms with Crippen LogP contribution >= 0.6 is 45.6 Å². The summed E-state index contributed by atoms with van der Waals surface area (Å²) in [5.74, 6) is -0.0816. The predicted molar refractivity (Wildman–Crippen MR) is 480 cm³/mol. The molecule has 642 valence electrons. The number of ether oxygens (including phenoxy) is 2. The summed E-state index contributed by atoms with van der Waals surface area (Å²) >= 11 is 10.4. The Bertz CT molecular complexity index is 5650. The van der Waals surface area contributed by atoms with Crippen LogP contribution in [0.25, 0.3) is 43.5 Å². The number of carbonyl (C=O) groups is 5. The molecule has 8 atom stereocenters. The fraction of sp³-hybridized carbons (Fsp3) is 0.330. The molecule has 2 aliphatic carbocycles. The van der Waals surface area contributed by atoms with Gasteiger partial charge >= 0.3 is 13.2 Å². The third kappa shape index (κ3) is 19.8. The summed E-state index contributed by atoms with van der Waals surface area (Å²) in [6, 6.07) is 60.8. The van der Waals surface area contributed by atoms with Gasteiger partial charge in [-0.1, -0.05) is 160 Å². The van der Waals surface area contributed by atoms with E-state index in [-0.39, 0.29) is 65.0 Å². The number of nitriles is 2. The van der Waals surface area contributed by atoms with Crippen LogP contribution in [-0.4, -0.2) is 126 Å². The zero-order valence-corrected chi connectivity index (χ0v) is 72.7. The largest absolute Gasteiger partial charge is 0.435 e. The van der Waals surface area contributed by atoms with Crippen LogP contribution in [0.5, 0.6) is 11.5 Å². The van der Waals surface area contributed by atoms with Crippen LogP contribution in [0.2, 0.25) is 5.02 Å².